The molecule has 1 aromatic carbocycles. The summed E-state index contributed by atoms with van der Waals surface area (Å²) in [5.74, 6) is 0. The molecule has 3 heterocycles. The second-order valence-corrected chi connectivity index (χ2v) is 10.5. The molecule has 0 N–H and O–H groups in total. The maximum atomic E-state index is 12.8. The van der Waals surface area contributed by atoms with Crippen molar-refractivity contribution in [3.05, 3.63) is 29.3 Å². The number of hydrogen-bond acceptors (Lipinski definition) is 5. The van der Waals surface area contributed by atoms with Gasteiger partial charge < -0.3 is 14.5 Å². The van der Waals surface area contributed by atoms with Crippen LogP contribution in [0.3, 0.4) is 0 Å². The third-order valence-electron chi connectivity index (χ3n) is 8.15. The smallest absolute Gasteiger partial charge is 0.425 e. The van der Waals surface area contributed by atoms with Gasteiger partial charge in [-0.1, -0.05) is 12.1 Å². The molecule has 1 spiro atoms. The molecule has 10 heteroatoms. The lowest BCUT2D eigenvalue weighted by molar-refractivity contribution is -0.200. The molecule has 1 unspecified atom stereocenters. The molecule has 1 atom stereocenters. The van der Waals surface area contributed by atoms with Crippen molar-refractivity contribution in [3.63, 3.8) is 0 Å². The Bertz CT molecular complexity index is 896. The Morgan fingerprint density at radius 3 is 2.39 bits per heavy atom. The van der Waals surface area contributed by atoms with Crippen molar-refractivity contribution in [2.24, 2.45) is 0 Å². The molecule has 0 aromatic heterocycles. The number of ether oxygens (including phenoxy) is 1. The lowest BCUT2D eigenvalue weighted by Crippen LogP contribution is -2.53. The zero-order valence-corrected chi connectivity index (χ0v) is 21.3. The normalized spacial score (nSPS) is 22.3. The topological polar surface area (TPSA) is 39.3 Å². The van der Waals surface area contributed by atoms with Crippen LogP contribution in [0.25, 0.3) is 0 Å². The Morgan fingerprint density at radius 2 is 1.75 bits per heavy atom. The molecule has 36 heavy (non-hydrogen) atoms. The monoisotopic (exact) mass is 514 g/mol. The zero-order chi connectivity index (χ0) is 25.9. The van der Waals surface area contributed by atoms with Gasteiger partial charge in [0.2, 0.25) is 0 Å². The van der Waals surface area contributed by atoms with E-state index in [1.54, 1.807) is 0 Å². The molecular formula is C26H38F4N4O2. The van der Waals surface area contributed by atoms with E-state index in [4.69, 9.17) is 0 Å². The van der Waals surface area contributed by atoms with Crippen molar-refractivity contribution in [2.45, 2.75) is 63.9 Å². The van der Waals surface area contributed by atoms with E-state index in [0.29, 0.717) is 19.6 Å². The maximum Gasteiger partial charge on any atom is 0.425 e. The van der Waals surface area contributed by atoms with Gasteiger partial charge in [-0.25, -0.2) is 9.18 Å². The van der Waals surface area contributed by atoms with E-state index in [1.165, 1.54) is 21.7 Å². The number of piperazine rings is 1. The summed E-state index contributed by atoms with van der Waals surface area (Å²) in [5, 5.41) is 0. The number of hydrogen-bond donors (Lipinski definition) is 0. The molecule has 3 fully saturated rings. The van der Waals surface area contributed by atoms with Crippen LogP contribution in [0.1, 0.15) is 43.7 Å². The van der Waals surface area contributed by atoms with Crippen molar-refractivity contribution < 1.29 is 27.1 Å². The highest BCUT2D eigenvalue weighted by molar-refractivity contribution is 5.68. The van der Waals surface area contributed by atoms with Gasteiger partial charge >= 0.3 is 12.3 Å². The number of rotatable bonds is 6. The van der Waals surface area contributed by atoms with Crippen LogP contribution in [0.15, 0.2) is 18.2 Å². The quantitative estimate of drug-likeness (QED) is 0.519. The Labute approximate surface area is 211 Å². The molecule has 1 amide bonds. The highest BCUT2D eigenvalue weighted by Crippen LogP contribution is 2.40. The van der Waals surface area contributed by atoms with Gasteiger partial charge in [0.05, 0.1) is 0 Å². The highest BCUT2D eigenvalue weighted by atomic mass is 19.4. The van der Waals surface area contributed by atoms with Gasteiger partial charge in [0.25, 0.3) is 0 Å². The summed E-state index contributed by atoms with van der Waals surface area (Å²) in [4.78, 5) is 20.8. The van der Waals surface area contributed by atoms with Crippen LogP contribution in [-0.2, 0) is 11.3 Å². The van der Waals surface area contributed by atoms with Crippen molar-refractivity contribution in [1.82, 2.24) is 14.7 Å². The molecule has 202 valence electrons. The molecule has 6 nitrogen and oxygen atoms in total. The number of aryl methyl sites for hydroxylation is 1. The molecule has 1 aromatic rings. The van der Waals surface area contributed by atoms with Gasteiger partial charge in [-0.15, -0.1) is 0 Å². The van der Waals surface area contributed by atoms with E-state index < -0.39 is 18.4 Å². The van der Waals surface area contributed by atoms with E-state index >= 15 is 0 Å². The molecule has 4 rings (SSSR count). The first-order valence-electron chi connectivity index (χ1n) is 13.0. The number of piperidine rings is 1. The van der Waals surface area contributed by atoms with E-state index in [-0.39, 0.29) is 12.2 Å². The maximum absolute atomic E-state index is 12.8. The van der Waals surface area contributed by atoms with Crippen LogP contribution >= 0.6 is 0 Å². The highest BCUT2D eigenvalue weighted by Gasteiger charge is 2.45. The summed E-state index contributed by atoms with van der Waals surface area (Å²) in [7, 11) is 0. The average molecular weight is 515 g/mol. The lowest BCUT2D eigenvalue weighted by Gasteiger charge is -2.45. The number of carbonyl (C=O) groups is 1. The number of benzene rings is 1. The zero-order valence-electron chi connectivity index (χ0n) is 21.3. The van der Waals surface area contributed by atoms with Gasteiger partial charge in [0, 0.05) is 63.6 Å². The number of likely N-dealkylation sites (tertiary alicyclic amines) is 2. The Hall–Kier alpha value is -2.07. The Morgan fingerprint density at radius 1 is 1.06 bits per heavy atom. The standard InChI is InChI=1S/C26H38F4N4O2/c1-20-4-5-22(23(18-20)32-16-14-31(13-9-27)15-17-32)19-34-10-3-6-25(34)7-11-33(12-8-25)24(35)36-21(2)26(28,29)30/h4-5,18,21H,3,6-17,19H2,1-2H3. The fourth-order valence-corrected chi connectivity index (χ4v) is 5.84. The van der Waals surface area contributed by atoms with Crippen LogP contribution in [-0.4, -0.2) is 97.6 Å². The molecule has 0 bridgehead atoms. The predicted octanol–water partition coefficient (Wildman–Crippen LogP) is 4.60. The van der Waals surface area contributed by atoms with E-state index in [9.17, 15) is 22.4 Å². The Kier molecular flexibility index (Phi) is 8.34. The molecule has 3 aliphatic heterocycles. The third kappa shape index (κ3) is 6.07. The fourth-order valence-electron chi connectivity index (χ4n) is 5.84. The van der Waals surface area contributed by atoms with Crippen LogP contribution < -0.4 is 4.90 Å². The number of amides is 1. The van der Waals surface area contributed by atoms with Crippen LogP contribution in [0.5, 0.6) is 0 Å². The first kappa shape index (κ1) is 27.0. The van der Waals surface area contributed by atoms with Gasteiger partial charge in [0.1, 0.15) is 6.67 Å². The molecule has 0 aliphatic carbocycles. The van der Waals surface area contributed by atoms with Gasteiger partial charge in [0.15, 0.2) is 6.10 Å². The average Bonchev–Trinajstić information content (AvgIpc) is 3.22. The number of carbonyl (C=O) groups excluding carboxylic acids is 1. The minimum Gasteiger partial charge on any atom is -0.437 e. The van der Waals surface area contributed by atoms with Crippen LogP contribution in [0.4, 0.5) is 28.0 Å². The number of alkyl halides is 4. The second kappa shape index (κ2) is 11.1. The summed E-state index contributed by atoms with van der Waals surface area (Å²) in [5.41, 5.74) is 3.66. The van der Waals surface area contributed by atoms with Gasteiger partial charge in [-0.3, -0.25) is 9.80 Å². The molecule has 3 saturated heterocycles. The van der Waals surface area contributed by atoms with Gasteiger partial charge in [-0.05, 0) is 63.3 Å². The largest absolute Gasteiger partial charge is 0.437 e. The number of halogens is 4. The summed E-state index contributed by atoms with van der Waals surface area (Å²) >= 11 is 0. The van der Waals surface area contributed by atoms with Crippen molar-refractivity contribution in [2.75, 3.05) is 63.9 Å². The van der Waals surface area contributed by atoms with E-state index in [2.05, 4.69) is 44.6 Å². The van der Waals surface area contributed by atoms with Crippen LogP contribution in [0.2, 0.25) is 0 Å². The SMILES string of the molecule is Cc1ccc(CN2CCCC23CCN(C(=O)OC(C)C(F)(F)F)CC3)c(N2CCN(CCF)CC2)c1. The fraction of sp³-hybridized carbons (Fsp3) is 0.731. The minimum atomic E-state index is -4.56. The first-order chi connectivity index (χ1) is 17.1. The van der Waals surface area contributed by atoms with Gasteiger partial charge in [-0.2, -0.15) is 13.2 Å². The van der Waals surface area contributed by atoms with Crippen molar-refractivity contribution >= 4 is 11.8 Å². The third-order valence-corrected chi connectivity index (χ3v) is 8.15. The Balaban J connectivity index is 1.40. The summed E-state index contributed by atoms with van der Waals surface area (Å²) in [6.45, 7) is 9.14. The first-order valence-corrected chi connectivity index (χ1v) is 13.0. The lowest BCUT2D eigenvalue weighted by atomic mass is 9.84. The number of anilines is 1. The van der Waals surface area contributed by atoms with E-state index in [0.717, 1.165) is 71.9 Å². The van der Waals surface area contributed by atoms with Crippen molar-refractivity contribution in [3.8, 4) is 0 Å². The minimum absolute atomic E-state index is 0.0472. The van der Waals surface area contributed by atoms with Crippen LogP contribution in [0, 0.1) is 6.92 Å². The predicted molar refractivity (Wildman–Crippen MR) is 131 cm³/mol. The number of nitrogens with zero attached hydrogens (tertiary/aromatic N) is 4. The second-order valence-electron chi connectivity index (χ2n) is 10.5. The molecule has 3 aliphatic rings. The molecule has 0 saturated carbocycles. The summed E-state index contributed by atoms with van der Waals surface area (Å²) in [6, 6.07) is 6.58. The molecule has 0 radical (unpaired) electrons. The molecular weight excluding hydrogens is 476 g/mol. The summed E-state index contributed by atoms with van der Waals surface area (Å²) in [6.07, 6.45) is -4.00. The van der Waals surface area contributed by atoms with Crippen molar-refractivity contribution in [1.29, 1.82) is 0 Å². The summed E-state index contributed by atoms with van der Waals surface area (Å²) < 4.78 is 55.8. The van der Waals surface area contributed by atoms with E-state index in [1.807, 2.05) is 0 Å².